The summed E-state index contributed by atoms with van der Waals surface area (Å²) in [5.41, 5.74) is -0.418. The molecular formula is C15H17FN2O2S. The number of amidine groups is 1. The maximum Gasteiger partial charge on any atom is 0.242 e. The molecule has 1 aliphatic heterocycles. The lowest BCUT2D eigenvalue weighted by Gasteiger charge is -2.39. The maximum atomic E-state index is 13.7. The van der Waals surface area contributed by atoms with Crippen molar-refractivity contribution in [2.45, 2.75) is 43.1 Å². The van der Waals surface area contributed by atoms with Crippen LogP contribution in [0.2, 0.25) is 0 Å². The monoisotopic (exact) mass is 308 g/mol. The Kier molecular flexibility index (Phi) is 3.75. The van der Waals surface area contributed by atoms with Gasteiger partial charge in [-0.1, -0.05) is 30.0 Å². The van der Waals surface area contributed by atoms with Crippen LogP contribution in [-0.2, 0) is 4.79 Å². The molecule has 2 atom stereocenters. The maximum absolute atomic E-state index is 13.7. The summed E-state index contributed by atoms with van der Waals surface area (Å²) in [4.78, 5) is 16.3. The van der Waals surface area contributed by atoms with E-state index in [1.165, 1.54) is 17.8 Å². The number of nitrogens with zero attached hydrogens (tertiary/aromatic N) is 1. The number of amides is 1. The van der Waals surface area contributed by atoms with Crippen LogP contribution in [0, 0.1) is 5.82 Å². The number of rotatable bonds is 3. The van der Waals surface area contributed by atoms with Crippen LogP contribution in [-0.4, -0.2) is 27.0 Å². The SMILES string of the molecule is C[C@H](N=C1NC(=O)[C@@H](C2(O)CCC2)S1)c1ccccc1F. The highest BCUT2D eigenvalue weighted by Gasteiger charge is 2.50. The zero-order chi connectivity index (χ0) is 15.0. The number of thioether (sulfide) groups is 1. The standard InChI is InChI=1S/C15H17FN2O2S/c1-9(10-5-2-3-6-11(10)16)17-14-18-13(19)12(21-14)15(20)7-4-8-15/h2-3,5-6,9,12,20H,4,7-8H2,1H3,(H,17,18,19)/t9-,12-/m0/s1. The second-order valence-corrected chi connectivity index (χ2v) is 6.67. The van der Waals surface area contributed by atoms with E-state index in [0.717, 1.165) is 6.42 Å². The molecule has 112 valence electrons. The van der Waals surface area contributed by atoms with Gasteiger partial charge in [-0.15, -0.1) is 0 Å². The Bertz CT molecular complexity index is 601. The Morgan fingerprint density at radius 1 is 1.48 bits per heavy atom. The molecule has 1 aliphatic carbocycles. The zero-order valence-corrected chi connectivity index (χ0v) is 12.5. The van der Waals surface area contributed by atoms with Crippen molar-refractivity contribution in [3.05, 3.63) is 35.6 Å². The van der Waals surface area contributed by atoms with Crippen LogP contribution in [0.4, 0.5) is 4.39 Å². The largest absolute Gasteiger partial charge is 0.388 e. The van der Waals surface area contributed by atoms with Gasteiger partial charge < -0.3 is 10.4 Å². The van der Waals surface area contributed by atoms with Crippen LogP contribution in [0.1, 0.15) is 37.8 Å². The van der Waals surface area contributed by atoms with Crippen LogP contribution in [0.15, 0.2) is 29.3 Å². The molecule has 0 spiro atoms. The summed E-state index contributed by atoms with van der Waals surface area (Å²) >= 11 is 1.25. The average molecular weight is 308 g/mol. The Balaban J connectivity index is 1.76. The van der Waals surface area contributed by atoms with Crippen LogP contribution < -0.4 is 5.32 Å². The van der Waals surface area contributed by atoms with E-state index >= 15 is 0 Å². The van der Waals surface area contributed by atoms with Crippen molar-refractivity contribution in [1.82, 2.24) is 5.32 Å². The van der Waals surface area contributed by atoms with E-state index in [0.29, 0.717) is 23.6 Å². The smallest absolute Gasteiger partial charge is 0.242 e. The second-order valence-electron chi connectivity index (χ2n) is 5.58. The van der Waals surface area contributed by atoms with Crippen LogP contribution in [0.25, 0.3) is 0 Å². The van der Waals surface area contributed by atoms with Crippen molar-refractivity contribution in [2.75, 3.05) is 0 Å². The van der Waals surface area contributed by atoms with Gasteiger partial charge in [0.15, 0.2) is 5.17 Å². The first-order valence-corrected chi connectivity index (χ1v) is 7.90. The minimum Gasteiger partial charge on any atom is -0.388 e. The molecule has 1 aromatic carbocycles. The highest BCUT2D eigenvalue weighted by Crippen LogP contribution is 2.42. The van der Waals surface area contributed by atoms with Crippen molar-refractivity contribution < 1.29 is 14.3 Å². The van der Waals surface area contributed by atoms with E-state index in [1.54, 1.807) is 25.1 Å². The van der Waals surface area contributed by atoms with E-state index in [9.17, 15) is 14.3 Å². The Hall–Kier alpha value is -1.40. The molecule has 21 heavy (non-hydrogen) atoms. The first-order valence-electron chi connectivity index (χ1n) is 7.02. The molecule has 1 aromatic rings. The number of nitrogens with one attached hydrogen (secondary N) is 1. The molecule has 2 aliphatic rings. The van der Waals surface area contributed by atoms with Crippen molar-refractivity contribution in [3.63, 3.8) is 0 Å². The quantitative estimate of drug-likeness (QED) is 0.901. The molecule has 3 rings (SSSR count). The molecule has 2 fully saturated rings. The van der Waals surface area contributed by atoms with Gasteiger partial charge in [0.05, 0.1) is 11.6 Å². The fourth-order valence-corrected chi connectivity index (χ4v) is 3.87. The van der Waals surface area contributed by atoms with E-state index in [4.69, 9.17) is 0 Å². The van der Waals surface area contributed by atoms with Gasteiger partial charge in [0.25, 0.3) is 0 Å². The van der Waals surface area contributed by atoms with Gasteiger partial charge in [0.2, 0.25) is 5.91 Å². The summed E-state index contributed by atoms with van der Waals surface area (Å²) in [5, 5.41) is 12.9. The first kappa shape index (κ1) is 14.5. The number of benzene rings is 1. The molecule has 0 radical (unpaired) electrons. The fourth-order valence-electron chi connectivity index (χ4n) is 2.64. The van der Waals surface area contributed by atoms with Crippen molar-refractivity contribution in [2.24, 2.45) is 4.99 Å². The number of halogens is 1. The van der Waals surface area contributed by atoms with Crippen molar-refractivity contribution in [3.8, 4) is 0 Å². The predicted octanol–water partition coefficient (Wildman–Crippen LogP) is 2.39. The summed E-state index contributed by atoms with van der Waals surface area (Å²) in [6.07, 6.45) is 2.24. The van der Waals surface area contributed by atoms with Gasteiger partial charge in [-0.05, 0) is 32.3 Å². The number of hydrogen-bond acceptors (Lipinski definition) is 4. The van der Waals surface area contributed by atoms with E-state index in [1.807, 2.05) is 0 Å². The van der Waals surface area contributed by atoms with Gasteiger partial charge in [-0.3, -0.25) is 9.79 Å². The zero-order valence-electron chi connectivity index (χ0n) is 11.7. The van der Waals surface area contributed by atoms with Crippen molar-refractivity contribution >= 4 is 22.8 Å². The van der Waals surface area contributed by atoms with Gasteiger partial charge in [-0.25, -0.2) is 4.39 Å². The molecular weight excluding hydrogens is 291 g/mol. The van der Waals surface area contributed by atoms with E-state index in [-0.39, 0.29) is 17.8 Å². The van der Waals surface area contributed by atoms with Crippen LogP contribution in [0.3, 0.4) is 0 Å². The van der Waals surface area contributed by atoms with Gasteiger partial charge in [0, 0.05) is 5.56 Å². The summed E-state index contributed by atoms with van der Waals surface area (Å²) in [7, 11) is 0. The number of carbonyl (C=O) groups is 1. The molecule has 6 heteroatoms. The third kappa shape index (κ3) is 2.70. The Labute approximate surface area is 126 Å². The van der Waals surface area contributed by atoms with Gasteiger partial charge >= 0.3 is 0 Å². The molecule has 2 N–H and O–H groups in total. The number of hydrogen-bond donors (Lipinski definition) is 2. The molecule has 1 saturated carbocycles. The minimum atomic E-state index is -0.909. The molecule has 1 saturated heterocycles. The predicted molar refractivity (Wildman–Crippen MR) is 80.6 cm³/mol. The molecule has 4 nitrogen and oxygen atoms in total. The van der Waals surface area contributed by atoms with Crippen LogP contribution >= 0.6 is 11.8 Å². The Morgan fingerprint density at radius 3 is 2.81 bits per heavy atom. The Morgan fingerprint density at radius 2 is 2.19 bits per heavy atom. The van der Waals surface area contributed by atoms with Crippen molar-refractivity contribution in [1.29, 1.82) is 0 Å². The summed E-state index contributed by atoms with van der Waals surface area (Å²) in [6.45, 7) is 1.78. The lowest BCUT2D eigenvalue weighted by molar-refractivity contribution is -0.126. The van der Waals surface area contributed by atoms with Gasteiger partial charge in [-0.2, -0.15) is 0 Å². The second kappa shape index (κ2) is 5.42. The lowest BCUT2D eigenvalue weighted by Crippen LogP contribution is -2.50. The van der Waals surface area contributed by atoms with Crippen LogP contribution in [0.5, 0.6) is 0 Å². The van der Waals surface area contributed by atoms with Gasteiger partial charge in [0.1, 0.15) is 11.1 Å². The molecule has 1 heterocycles. The average Bonchev–Trinajstić information content (AvgIpc) is 2.77. The molecule has 0 bridgehead atoms. The minimum absolute atomic E-state index is 0.207. The number of carbonyl (C=O) groups excluding carboxylic acids is 1. The molecule has 0 unspecified atom stereocenters. The third-order valence-electron chi connectivity index (χ3n) is 4.07. The topological polar surface area (TPSA) is 61.7 Å². The number of aliphatic hydroxyl groups is 1. The van der Waals surface area contributed by atoms with E-state index < -0.39 is 10.9 Å². The summed E-state index contributed by atoms with van der Waals surface area (Å²) in [6, 6.07) is 6.08. The third-order valence-corrected chi connectivity index (χ3v) is 5.39. The molecule has 1 amide bonds. The molecule has 0 aromatic heterocycles. The first-order chi connectivity index (χ1) is 9.99. The highest BCUT2D eigenvalue weighted by atomic mass is 32.2. The van der Waals surface area contributed by atoms with E-state index in [2.05, 4.69) is 10.3 Å². The summed E-state index contributed by atoms with van der Waals surface area (Å²) < 4.78 is 13.7. The normalized spacial score (nSPS) is 27.3. The summed E-state index contributed by atoms with van der Waals surface area (Å²) in [5.74, 6) is -0.514. The fraction of sp³-hybridized carbons (Fsp3) is 0.467. The highest BCUT2D eigenvalue weighted by molar-refractivity contribution is 8.15. The number of aliphatic imine (C=N–C) groups is 1. The lowest BCUT2D eigenvalue weighted by atomic mass is 9.77.